The highest BCUT2D eigenvalue weighted by atomic mass is 19.4. The van der Waals surface area contributed by atoms with Gasteiger partial charge in [-0.25, -0.2) is 0 Å². The molecule has 0 saturated heterocycles. The van der Waals surface area contributed by atoms with Crippen LogP contribution in [0.4, 0.5) is 13.2 Å². The smallest absolute Gasteiger partial charge is 0.427 e. The molecule has 34 heavy (non-hydrogen) atoms. The number of carbonyl (C=O) groups excluding carboxylic acids is 2. The first-order valence-corrected chi connectivity index (χ1v) is 11.5. The Labute approximate surface area is 198 Å². The normalized spacial score (nSPS) is 18.2. The van der Waals surface area contributed by atoms with Crippen molar-refractivity contribution >= 4 is 13.3 Å². The number of rotatable bonds is 10. The average molecular weight is 477 g/mol. The number of hydrogen-bond donors (Lipinski definition) is 3. The van der Waals surface area contributed by atoms with Crippen LogP contribution in [0.2, 0.25) is 6.32 Å². The number of halogens is 3. The fraction of sp³-hybridized carbons (Fsp3) is 0.480. The molecule has 1 fully saturated rings. The van der Waals surface area contributed by atoms with Gasteiger partial charge >= 0.3 is 19.4 Å². The van der Waals surface area contributed by atoms with E-state index >= 15 is 0 Å². The predicted molar refractivity (Wildman–Crippen MR) is 123 cm³/mol. The summed E-state index contributed by atoms with van der Waals surface area (Å²) in [5, 5.41) is 17.8. The molecule has 1 aliphatic carbocycles. The van der Waals surface area contributed by atoms with E-state index in [2.05, 4.69) is 12.1 Å². The molecule has 2 aromatic rings. The number of nitrogens with two attached hydrogens (primary N) is 1. The van der Waals surface area contributed by atoms with Crippen molar-refractivity contribution in [2.75, 3.05) is 0 Å². The highest BCUT2D eigenvalue weighted by Gasteiger charge is 2.32. The van der Waals surface area contributed by atoms with Crippen molar-refractivity contribution in [1.82, 2.24) is 0 Å². The molecule has 184 valence electrons. The molecule has 0 aliphatic heterocycles. The molecule has 1 atom stereocenters. The van der Waals surface area contributed by atoms with E-state index < -0.39 is 18.9 Å². The highest BCUT2D eigenvalue weighted by molar-refractivity contribution is 6.40. The van der Waals surface area contributed by atoms with Crippen molar-refractivity contribution in [2.45, 2.75) is 63.5 Å². The van der Waals surface area contributed by atoms with Crippen LogP contribution >= 0.6 is 0 Å². The summed E-state index contributed by atoms with van der Waals surface area (Å²) in [4.78, 5) is 16.2. The predicted octanol–water partition coefficient (Wildman–Crippen LogP) is 4.72. The minimum absolute atomic E-state index is 0.190. The van der Waals surface area contributed by atoms with Gasteiger partial charge in [-0.1, -0.05) is 49.2 Å². The molecule has 5 nitrogen and oxygen atoms in total. The van der Waals surface area contributed by atoms with Gasteiger partial charge in [0.2, 0.25) is 0 Å². The van der Waals surface area contributed by atoms with Crippen LogP contribution in [-0.2, 0) is 22.2 Å². The van der Waals surface area contributed by atoms with Gasteiger partial charge in [0.1, 0.15) is 0 Å². The molecule has 1 saturated carbocycles. The average Bonchev–Trinajstić information content (AvgIpc) is 2.76. The molecule has 0 heterocycles. The topological polar surface area (TPSA) is 101 Å². The van der Waals surface area contributed by atoms with E-state index in [4.69, 9.17) is 25.4 Å². The maximum atomic E-state index is 12.8. The van der Waals surface area contributed by atoms with Crippen LogP contribution in [-0.4, -0.2) is 29.4 Å². The van der Waals surface area contributed by atoms with E-state index in [9.17, 15) is 13.2 Å². The standard InChI is InChI=1S/C24H31BF3NO2.CO2/c26-24(27,28)22-11-9-19(10-12-22)20-5-3-4-17(14-20)7-8-18-15-21(16-18)23(29)6-1-2-13-25(30)31;2-1-3/h3-5,9-12,14,18,21,23,30-31H,1-2,6-8,13,15-16,29H2;. The molecule has 0 aromatic heterocycles. The number of aryl methyl sites for hydroxylation is 1. The van der Waals surface area contributed by atoms with Crippen molar-refractivity contribution in [3.8, 4) is 11.1 Å². The first-order chi connectivity index (χ1) is 16.1. The van der Waals surface area contributed by atoms with Crippen LogP contribution in [0.3, 0.4) is 0 Å². The number of unbranched alkanes of at least 4 members (excludes halogenated alkanes) is 1. The van der Waals surface area contributed by atoms with E-state index in [1.807, 2.05) is 12.1 Å². The lowest BCUT2D eigenvalue weighted by Crippen LogP contribution is -2.39. The molecule has 2 aromatic carbocycles. The molecule has 0 amide bonds. The lowest BCUT2D eigenvalue weighted by Gasteiger charge is -2.39. The second-order valence-electron chi connectivity index (χ2n) is 8.92. The van der Waals surface area contributed by atoms with Crippen LogP contribution in [0.25, 0.3) is 11.1 Å². The minimum atomic E-state index is -4.31. The van der Waals surface area contributed by atoms with Crippen LogP contribution in [0.1, 0.15) is 49.7 Å². The van der Waals surface area contributed by atoms with Crippen molar-refractivity contribution in [1.29, 1.82) is 0 Å². The van der Waals surface area contributed by atoms with E-state index in [-0.39, 0.29) is 12.2 Å². The highest BCUT2D eigenvalue weighted by Crippen LogP contribution is 2.39. The second-order valence-corrected chi connectivity index (χ2v) is 8.92. The van der Waals surface area contributed by atoms with Crippen molar-refractivity contribution < 1.29 is 32.8 Å². The fourth-order valence-electron chi connectivity index (χ4n) is 4.44. The maximum absolute atomic E-state index is 12.8. The van der Waals surface area contributed by atoms with Gasteiger partial charge in [0.15, 0.2) is 0 Å². The Bertz CT molecular complexity index is 909. The largest absolute Gasteiger partial charge is 0.451 e. The SMILES string of the molecule is NC(CCCCB(O)O)C1CC(CCc2cccc(-c3ccc(C(F)(F)F)cc3)c2)C1.O=C=O. The summed E-state index contributed by atoms with van der Waals surface area (Å²) in [7, 11) is -1.22. The van der Waals surface area contributed by atoms with E-state index in [0.29, 0.717) is 18.2 Å². The van der Waals surface area contributed by atoms with Gasteiger partial charge in [-0.3, -0.25) is 0 Å². The molecule has 0 radical (unpaired) electrons. The Balaban J connectivity index is 0.00000129. The van der Waals surface area contributed by atoms with Crippen LogP contribution in [0.5, 0.6) is 0 Å². The Kier molecular flexibility index (Phi) is 11.0. The van der Waals surface area contributed by atoms with E-state index in [1.54, 1.807) is 0 Å². The lowest BCUT2D eigenvalue weighted by molar-refractivity contribution is -0.191. The van der Waals surface area contributed by atoms with Gasteiger partial charge in [-0.05, 0) is 79.1 Å². The monoisotopic (exact) mass is 477 g/mol. The van der Waals surface area contributed by atoms with Gasteiger partial charge < -0.3 is 15.8 Å². The molecular weight excluding hydrogens is 446 g/mol. The quantitative estimate of drug-likeness (QED) is 0.340. The Morgan fingerprint density at radius 2 is 1.68 bits per heavy atom. The Hall–Kier alpha value is -2.45. The van der Waals surface area contributed by atoms with Gasteiger partial charge in [-0.2, -0.15) is 22.8 Å². The molecule has 4 N–H and O–H groups in total. The first-order valence-electron chi connectivity index (χ1n) is 11.5. The summed E-state index contributed by atoms with van der Waals surface area (Å²) in [6.07, 6.45) is 3.32. The van der Waals surface area contributed by atoms with Crippen molar-refractivity contribution in [3.63, 3.8) is 0 Å². The summed E-state index contributed by atoms with van der Waals surface area (Å²) in [5.74, 6) is 1.23. The zero-order chi connectivity index (χ0) is 25.1. The molecule has 0 bridgehead atoms. The number of alkyl halides is 3. The summed E-state index contributed by atoms with van der Waals surface area (Å²) >= 11 is 0. The van der Waals surface area contributed by atoms with Crippen LogP contribution in [0.15, 0.2) is 48.5 Å². The van der Waals surface area contributed by atoms with Gasteiger partial charge in [-0.15, -0.1) is 0 Å². The minimum Gasteiger partial charge on any atom is -0.427 e. The van der Waals surface area contributed by atoms with Crippen LogP contribution in [0, 0.1) is 11.8 Å². The number of hydrogen-bond acceptors (Lipinski definition) is 5. The molecule has 1 aliphatic rings. The summed E-state index contributed by atoms with van der Waals surface area (Å²) in [5.41, 5.74) is 8.59. The fourth-order valence-corrected chi connectivity index (χ4v) is 4.44. The summed E-state index contributed by atoms with van der Waals surface area (Å²) < 4.78 is 38.3. The van der Waals surface area contributed by atoms with Gasteiger partial charge in [0.05, 0.1) is 5.56 Å². The molecule has 9 heteroatoms. The maximum Gasteiger partial charge on any atom is 0.451 e. The van der Waals surface area contributed by atoms with Crippen LogP contribution < -0.4 is 5.73 Å². The summed E-state index contributed by atoms with van der Waals surface area (Å²) in [6.45, 7) is 0. The second kappa shape index (κ2) is 13.4. The molecule has 1 unspecified atom stereocenters. The summed E-state index contributed by atoms with van der Waals surface area (Å²) in [6, 6.07) is 13.5. The van der Waals surface area contributed by atoms with Crippen molar-refractivity contribution in [3.05, 3.63) is 59.7 Å². The van der Waals surface area contributed by atoms with E-state index in [0.717, 1.165) is 68.2 Å². The zero-order valence-corrected chi connectivity index (χ0v) is 19.0. The molecular formula is C25H31BF3NO4. The lowest BCUT2D eigenvalue weighted by atomic mass is 9.68. The molecule has 0 spiro atoms. The third-order valence-corrected chi connectivity index (χ3v) is 6.44. The number of benzene rings is 2. The third-order valence-electron chi connectivity index (χ3n) is 6.44. The molecule has 3 rings (SSSR count). The van der Waals surface area contributed by atoms with Gasteiger partial charge in [0.25, 0.3) is 0 Å². The Morgan fingerprint density at radius 1 is 1.03 bits per heavy atom. The van der Waals surface area contributed by atoms with Gasteiger partial charge in [0, 0.05) is 6.04 Å². The third kappa shape index (κ3) is 9.07. The first kappa shape index (κ1) is 27.8. The van der Waals surface area contributed by atoms with Crippen molar-refractivity contribution in [2.24, 2.45) is 17.6 Å². The zero-order valence-electron chi connectivity index (χ0n) is 19.0. The Morgan fingerprint density at radius 3 is 2.26 bits per heavy atom. The van der Waals surface area contributed by atoms with E-state index in [1.165, 1.54) is 17.7 Å².